The van der Waals surface area contributed by atoms with Gasteiger partial charge in [-0.25, -0.2) is 0 Å². The van der Waals surface area contributed by atoms with Gasteiger partial charge in [-0.2, -0.15) is 0 Å². The van der Waals surface area contributed by atoms with Crippen molar-refractivity contribution in [3.63, 3.8) is 0 Å². The number of nitrogens with one attached hydrogen (secondary N) is 2. The minimum absolute atomic E-state index is 0.0480. The maximum Gasteiger partial charge on any atom is 0.245 e. The van der Waals surface area contributed by atoms with E-state index in [1.54, 1.807) is 13.8 Å². The summed E-state index contributed by atoms with van der Waals surface area (Å²) in [6, 6.07) is 0. The number of anilines is 1. The van der Waals surface area contributed by atoms with Crippen molar-refractivity contribution in [3.8, 4) is 0 Å². The summed E-state index contributed by atoms with van der Waals surface area (Å²) >= 11 is 1.34. The quantitative estimate of drug-likeness (QED) is 0.846. The molecule has 0 bridgehead atoms. The van der Waals surface area contributed by atoms with E-state index in [2.05, 4.69) is 20.8 Å². The van der Waals surface area contributed by atoms with Crippen LogP contribution in [-0.4, -0.2) is 28.6 Å². The zero-order chi connectivity index (χ0) is 13.7. The summed E-state index contributed by atoms with van der Waals surface area (Å²) < 4.78 is 0. The van der Waals surface area contributed by atoms with E-state index in [1.165, 1.54) is 11.3 Å². The van der Waals surface area contributed by atoms with Gasteiger partial charge in [-0.1, -0.05) is 39.0 Å². The van der Waals surface area contributed by atoms with Gasteiger partial charge < -0.3 is 5.32 Å². The first-order valence-corrected chi connectivity index (χ1v) is 6.62. The fraction of sp³-hybridized carbons (Fsp3) is 0.636. The number of amides is 2. The Morgan fingerprint density at radius 3 is 2.39 bits per heavy atom. The lowest BCUT2D eigenvalue weighted by atomic mass is 10.2. The standard InChI is InChI=1S/C11H18N4O2S/c1-6(2)9(17)12-5-8(16)13-11-15-14-10(18-11)7(3)4/h6-7H,5H2,1-4H3,(H,12,17)(H,13,15,16). The molecule has 2 N–H and O–H groups in total. The Bertz CT molecular complexity index is 428. The highest BCUT2D eigenvalue weighted by molar-refractivity contribution is 7.15. The molecule has 100 valence electrons. The highest BCUT2D eigenvalue weighted by Crippen LogP contribution is 2.21. The summed E-state index contributed by atoms with van der Waals surface area (Å²) in [5.41, 5.74) is 0. The highest BCUT2D eigenvalue weighted by Gasteiger charge is 2.12. The van der Waals surface area contributed by atoms with E-state index >= 15 is 0 Å². The monoisotopic (exact) mass is 270 g/mol. The van der Waals surface area contributed by atoms with Crippen LogP contribution in [0.25, 0.3) is 0 Å². The van der Waals surface area contributed by atoms with E-state index in [0.717, 1.165) is 5.01 Å². The summed E-state index contributed by atoms with van der Waals surface area (Å²) in [6.07, 6.45) is 0. The van der Waals surface area contributed by atoms with Crippen LogP contribution in [0, 0.1) is 5.92 Å². The minimum atomic E-state index is -0.296. The molecule has 0 aliphatic rings. The summed E-state index contributed by atoms with van der Waals surface area (Å²) in [5, 5.41) is 14.3. The fourth-order valence-electron chi connectivity index (χ4n) is 1.05. The third-order valence-electron chi connectivity index (χ3n) is 2.13. The molecule has 0 atom stereocenters. The van der Waals surface area contributed by atoms with Crippen LogP contribution in [0.15, 0.2) is 0 Å². The normalized spacial score (nSPS) is 10.8. The van der Waals surface area contributed by atoms with E-state index < -0.39 is 0 Å². The number of nitrogens with zero attached hydrogens (tertiary/aromatic N) is 2. The zero-order valence-electron chi connectivity index (χ0n) is 11.0. The molecule has 0 aliphatic carbocycles. The Morgan fingerprint density at radius 1 is 1.22 bits per heavy atom. The molecule has 0 aromatic carbocycles. The maximum absolute atomic E-state index is 11.5. The Hall–Kier alpha value is -1.50. The van der Waals surface area contributed by atoms with Gasteiger partial charge in [0.25, 0.3) is 0 Å². The van der Waals surface area contributed by atoms with Crippen molar-refractivity contribution < 1.29 is 9.59 Å². The van der Waals surface area contributed by atoms with Gasteiger partial charge >= 0.3 is 0 Å². The van der Waals surface area contributed by atoms with E-state index in [1.807, 2.05) is 13.8 Å². The second-order valence-electron chi connectivity index (χ2n) is 4.52. The van der Waals surface area contributed by atoms with E-state index in [4.69, 9.17) is 0 Å². The molecule has 0 radical (unpaired) electrons. The first-order valence-electron chi connectivity index (χ1n) is 5.81. The van der Waals surface area contributed by atoms with Crippen molar-refractivity contribution in [1.82, 2.24) is 15.5 Å². The number of carbonyl (C=O) groups excluding carboxylic acids is 2. The molecule has 2 amide bonds. The molecular formula is C11H18N4O2S. The van der Waals surface area contributed by atoms with Gasteiger partial charge in [0, 0.05) is 11.8 Å². The van der Waals surface area contributed by atoms with E-state index in [9.17, 15) is 9.59 Å². The van der Waals surface area contributed by atoms with Gasteiger partial charge in [0.2, 0.25) is 16.9 Å². The summed E-state index contributed by atoms with van der Waals surface area (Å²) in [7, 11) is 0. The van der Waals surface area contributed by atoms with Crippen LogP contribution in [0.4, 0.5) is 5.13 Å². The van der Waals surface area contributed by atoms with Crippen LogP contribution in [-0.2, 0) is 9.59 Å². The molecule has 0 unspecified atom stereocenters. The lowest BCUT2D eigenvalue weighted by Crippen LogP contribution is -2.35. The summed E-state index contributed by atoms with van der Waals surface area (Å²) in [4.78, 5) is 22.8. The van der Waals surface area contributed by atoms with Gasteiger partial charge in [-0.15, -0.1) is 10.2 Å². The summed E-state index contributed by atoms with van der Waals surface area (Å²) in [6.45, 7) is 7.51. The first-order chi connectivity index (χ1) is 8.40. The third kappa shape index (κ3) is 4.40. The van der Waals surface area contributed by atoms with Crippen molar-refractivity contribution in [2.24, 2.45) is 5.92 Å². The summed E-state index contributed by atoms with van der Waals surface area (Å²) in [5.74, 6) is -0.290. The molecule has 0 aliphatic heterocycles. The lowest BCUT2D eigenvalue weighted by molar-refractivity contribution is -0.126. The Kier molecular flexibility index (Phi) is 5.21. The molecule has 7 heteroatoms. The third-order valence-corrected chi connectivity index (χ3v) is 3.27. The second kappa shape index (κ2) is 6.44. The van der Waals surface area contributed by atoms with Crippen LogP contribution in [0.2, 0.25) is 0 Å². The van der Waals surface area contributed by atoms with Crippen molar-refractivity contribution in [1.29, 1.82) is 0 Å². The van der Waals surface area contributed by atoms with Crippen molar-refractivity contribution in [3.05, 3.63) is 5.01 Å². The van der Waals surface area contributed by atoms with Crippen LogP contribution < -0.4 is 10.6 Å². The number of rotatable bonds is 5. The fourth-order valence-corrected chi connectivity index (χ4v) is 1.82. The van der Waals surface area contributed by atoms with Crippen molar-refractivity contribution in [2.75, 3.05) is 11.9 Å². The van der Waals surface area contributed by atoms with Gasteiger partial charge in [-0.05, 0) is 0 Å². The van der Waals surface area contributed by atoms with Crippen LogP contribution in [0.1, 0.15) is 38.6 Å². The molecular weight excluding hydrogens is 252 g/mol. The molecule has 0 saturated carbocycles. The molecule has 0 saturated heterocycles. The molecule has 0 spiro atoms. The van der Waals surface area contributed by atoms with Crippen LogP contribution in [0.5, 0.6) is 0 Å². The van der Waals surface area contributed by atoms with Crippen LogP contribution in [0.3, 0.4) is 0 Å². The second-order valence-corrected chi connectivity index (χ2v) is 5.53. The molecule has 0 fully saturated rings. The molecule has 1 aromatic rings. The first kappa shape index (κ1) is 14.6. The van der Waals surface area contributed by atoms with E-state index in [0.29, 0.717) is 5.13 Å². The molecule has 18 heavy (non-hydrogen) atoms. The Morgan fingerprint density at radius 2 is 1.89 bits per heavy atom. The SMILES string of the molecule is CC(C)C(=O)NCC(=O)Nc1nnc(C(C)C)s1. The smallest absolute Gasteiger partial charge is 0.245 e. The number of hydrogen-bond donors (Lipinski definition) is 2. The topological polar surface area (TPSA) is 84.0 Å². The van der Waals surface area contributed by atoms with Gasteiger partial charge in [0.15, 0.2) is 0 Å². The van der Waals surface area contributed by atoms with Gasteiger partial charge in [0.1, 0.15) is 5.01 Å². The average Bonchev–Trinajstić information content (AvgIpc) is 2.74. The molecule has 1 aromatic heterocycles. The van der Waals surface area contributed by atoms with E-state index in [-0.39, 0.29) is 30.2 Å². The van der Waals surface area contributed by atoms with Crippen molar-refractivity contribution in [2.45, 2.75) is 33.6 Å². The number of hydrogen-bond acceptors (Lipinski definition) is 5. The predicted molar refractivity (Wildman–Crippen MR) is 70.5 cm³/mol. The van der Waals surface area contributed by atoms with Crippen molar-refractivity contribution >= 4 is 28.3 Å². The maximum atomic E-state index is 11.5. The molecule has 1 rings (SSSR count). The zero-order valence-corrected chi connectivity index (χ0v) is 11.8. The van der Waals surface area contributed by atoms with Crippen LogP contribution >= 0.6 is 11.3 Å². The highest BCUT2D eigenvalue weighted by atomic mass is 32.1. The Balaban J connectivity index is 2.42. The Labute approximate surface area is 110 Å². The minimum Gasteiger partial charge on any atom is -0.347 e. The predicted octanol–water partition coefficient (Wildman–Crippen LogP) is 1.37. The van der Waals surface area contributed by atoms with Gasteiger partial charge in [-0.3, -0.25) is 14.9 Å². The largest absolute Gasteiger partial charge is 0.347 e. The molecule has 1 heterocycles. The lowest BCUT2D eigenvalue weighted by Gasteiger charge is -2.06. The number of carbonyl (C=O) groups is 2. The average molecular weight is 270 g/mol. The van der Waals surface area contributed by atoms with Gasteiger partial charge in [0.05, 0.1) is 6.54 Å². The molecule has 6 nitrogen and oxygen atoms in total. The number of aromatic nitrogens is 2.